The number of carbonyl (C=O) groups is 2. The zero-order valence-corrected chi connectivity index (χ0v) is 16.7. The molecule has 27 heavy (non-hydrogen) atoms. The molecule has 0 heterocycles. The molecule has 4 heteroatoms. The average Bonchev–Trinajstić information content (AvgIpc) is 2.67. The molecule has 0 aromatic rings. The summed E-state index contributed by atoms with van der Waals surface area (Å²) in [6.45, 7) is 9.66. The molecule has 0 aromatic carbocycles. The van der Waals surface area contributed by atoms with Crippen molar-refractivity contribution in [1.29, 1.82) is 0 Å². The van der Waals surface area contributed by atoms with Gasteiger partial charge in [0.2, 0.25) is 6.29 Å². The normalized spacial score (nSPS) is 21.8. The summed E-state index contributed by atoms with van der Waals surface area (Å²) in [5.74, 6) is -1.77. The maximum absolute atomic E-state index is 12.6. The van der Waals surface area contributed by atoms with E-state index < -0.39 is 30.1 Å². The van der Waals surface area contributed by atoms with Crippen LogP contribution in [0.1, 0.15) is 41.0 Å². The summed E-state index contributed by atoms with van der Waals surface area (Å²) in [7, 11) is 0. The van der Waals surface area contributed by atoms with Gasteiger partial charge >= 0.3 is 11.9 Å². The van der Waals surface area contributed by atoms with E-state index in [0.717, 1.165) is 22.3 Å². The molecule has 0 aliphatic heterocycles. The fraction of sp³-hybridized carbons (Fsp3) is 0.391. The van der Waals surface area contributed by atoms with Crippen molar-refractivity contribution in [2.24, 2.45) is 11.8 Å². The lowest BCUT2D eigenvalue weighted by Crippen LogP contribution is -2.31. The molecule has 0 aromatic heterocycles. The third kappa shape index (κ3) is 5.19. The van der Waals surface area contributed by atoms with Crippen LogP contribution in [0.2, 0.25) is 0 Å². The molecular weight excluding hydrogens is 340 g/mol. The van der Waals surface area contributed by atoms with E-state index in [4.69, 9.17) is 9.47 Å². The number of esters is 2. The van der Waals surface area contributed by atoms with Crippen LogP contribution in [0.5, 0.6) is 0 Å². The molecule has 0 N–H and O–H groups in total. The van der Waals surface area contributed by atoms with Gasteiger partial charge in [0.15, 0.2) is 0 Å². The van der Waals surface area contributed by atoms with Crippen molar-refractivity contribution in [3.05, 3.63) is 70.9 Å². The van der Waals surface area contributed by atoms with Crippen molar-refractivity contribution in [3.8, 4) is 0 Å². The lowest BCUT2D eigenvalue weighted by Gasteiger charge is -2.24. The molecule has 0 bridgehead atoms. The van der Waals surface area contributed by atoms with E-state index in [9.17, 15) is 9.59 Å². The Hall–Kier alpha value is -2.62. The minimum atomic E-state index is -0.902. The minimum absolute atomic E-state index is 0.393. The number of rotatable bonds is 5. The predicted molar refractivity (Wildman–Crippen MR) is 107 cm³/mol. The number of ether oxygens (including phenoxy) is 2. The predicted octanol–water partition coefficient (Wildman–Crippen LogP) is 4.97. The van der Waals surface area contributed by atoms with E-state index >= 15 is 0 Å². The third-order valence-corrected chi connectivity index (χ3v) is 4.54. The molecule has 0 saturated carbocycles. The van der Waals surface area contributed by atoms with Crippen molar-refractivity contribution in [3.63, 3.8) is 0 Å². The van der Waals surface area contributed by atoms with Gasteiger partial charge in [-0.15, -0.1) is 0 Å². The maximum atomic E-state index is 12.6. The van der Waals surface area contributed by atoms with E-state index in [1.165, 1.54) is 0 Å². The first-order valence-corrected chi connectivity index (χ1v) is 9.30. The second-order valence-electron chi connectivity index (χ2n) is 7.07. The van der Waals surface area contributed by atoms with E-state index in [1.54, 1.807) is 12.2 Å². The molecule has 0 saturated heterocycles. The summed E-state index contributed by atoms with van der Waals surface area (Å²) in [6, 6.07) is 0. The zero-order valence-electron chi connectivity index (χ0n) is 16.7. The Morgan fingerprint density at radius 1 is 0.815 bits per heavy atom. The van der Waals surface area contributed by atoms with Gasteiger partial charge in [0.25, 0.3) is 0 Å². The summed E-state index contributed by atoms with van der Waals surface area (Å²) in [6.07, 6.45) is 14.4. The van der Waals surface area contributed by atoms with E-state index in [1.807, 2.05) is 71.1 Å². The molecular formula is C23H28O4. The fourth-order valence-electron chi connectivity index (χ4n) is 3.05. The first-order chi connectivity index (χ1) is 12.8. The van der Waals surface area contributed by atoms with Crippen molar-refractivity contribution in [2.75, 3.05) is 0 Å². The Kier molecular flexibility index (Phi) is 7.17. The Morgan fingerprint density at radius 3 is 1.56 bits per heavy atom. The number of allylic oxidation sites excluding steroid dienone is 8. The Morgan fingerprint density at radius 2 is 1.22 bits per heavy atom. The number of carbonyl (C=O) groups excluding carboxylic acids is 2. The third-order valence-electron chi connectivity index (χ3n) is 4.54. The van der Waals surface area contributed by atoms with Crippen LogP contribution in [0, 0.1) is 11.8 Å². The molecule has 2 unspecified atom stereocenters. The lowest BCUT2D eigenvalue weighted by molar-refractivity contribution is -0.190. The molecule has 144 valence electrons. The van der Waals surface area contributed by atoms with Gasteiger partial charge in [-0.3, -0.25) is 9.59 Å². The summed E-state index contributed by atoms with van der Waals surface area (Å²) in [5.41, 5.74) is 3.93. The summed E-state index contributed by atoms with van der Waals surface area (Å²) in [5, 5.41) is 0. The van der Waals surface area contributed by atoms with Crippen molar-refractivity contribution >= 4 is 11.9 Å². The average molecular weight is 368 g/mol. The molecule has 2 aliphatic carbocycles. The topological polar surface area (TPSA) is 52.6 Å². The van der Waals surface area contributed by atoms with E-state index in [-0.39, 0.29) is 0 Å². The highest BCUT2D eigenvalue weighted by atomic mass is 16.7. The van der Waals surface area contributed by atoms with Crippen LogP contribution in [0.25, 0.3) is 0 Å². The molecule has 2 aliphatic rings. The first kappa shape index (κ1) is 20.7. The van der Waals surface area contributed by atoms with Crippen molar-refractivity contribution < 1.29 is 19.1 Å². The van der Waals surface area contributed by atoms with Crippen LogP contribution in [-0.2, 0) is 19.1 Å². The smallest absolute Gasteiger partial charge is 0.320 e. The zero-order chi connectivity index (χ0) is 20.0. The molecule has 2 atom stereocenters. The molecule has 2 rings (SSSR count). The summed E-state index contributed by atoms with van der Waals surface area (Å²) < 4.78 is 11.0. The first-order valence-electron chi connectivity index (χ1n) is 9.30. The van der Waals surface area contributed by atoms with Crippen LogP contribution in [0.3, 0.4) is 0 Å². The quantitative estimate of drug-likeness (QED) is 0.508. The molecule has 0 spiro atoms. The van der Waals surface area contributed by atoms with Crippen LogP contribution in [-0.4, -0.2) is 18.2 Å². The molecule has 0 fully saturated rings. The fourth-order valence-corrected chi connectivity index (χ4v) is 3.05. The second-order valence-corrected chi connectivity index (χ2v) is 7.07. The lowest BCUT2D eigenvalue weighted by atomic mass is 9.91. The van der Waals surface area contributed by atoms with E-state index in [2.05, 4.69) is 0 Å². The maximum Gasteiger partial charge on any atom is 0.320 e. The monoisotopic (exact) mass is 368 g/mol. The highest BCUT2D eigenvalue weighted by molar-refractivity contribution is 5.81. The van der Waals surface area contributed by atoms with Crippen LogP contribution >= 0.6 is 0 Å². The largest absolute Gasteiger partial charge is 0.424 e. The van der Waals surface area contributed by atoms with Crippen LogP contribution in [0.4, 0.5) is 0 Å². The minimum Gasteiger partial charge on any atom is -0.424 e. The molecule has 4 nitrogen and oxygen atoms in total. The van der Waals surface area contributed by atoms with Gasteiger partial charge in [-0.25, -0.2) is 0 Å². The number of hydrogen-bond acceptors (Lipinski definition) is 4. The van der Waals surface area contributed by atoms with Gasteiger partial charge in [0.1, 0.15) is 11.8 Å². The summed E-state index contributed by atoms with van der Waals surface area (Å²) >= 11 is 0. The van der Waals surface area contributed by atoms with Crippen LogP contribution in [0.15, 0.2) is 70.9 Å². The highest BCUT2D eigenvalue weighted by Gasteiger charge is 2.29. The van der Waals surface area contributed by atoms with E-state index in [0.29, 0.717) is 6.42 Å². The summed E-state index contributed by atoms with van der Waals surface area (Å²) in [4.78, 5) is 25.3. The Balaban J connectivity index is 2.07. The Bertz CT molecular complexity index is 702. The molecule has 0 radical (unpaired) electrons. The van der Waals surface area contributed by atoms with Gasteiger partial charge in [-0.1, -0.05) is 66.7 Å². The van der Waals surface area contributed by atoms with Gasteiger partial charge < -0.3 is 9.47 Å². The Labute approximate surface area is 161 Å². The van der Waals surface area contributed by atoms with Gasteiger partial charge in [-0.05, 0) is 38.8 Å². The molecule has 0 amide bonds. The van der Waals surface area contributed by atoms with Gasteiger partial charge in [-0.2, -0.15) is 0 Å². The van der Waals surface area contributed by atoms with Gasteiger partial charge in [0, 0.05) is 6.42 Å². The second kappa shape index (κ2) is 9.36. The SMILES string of the molecule is CCC(OC(=O)C1C=CC=CC1=C(C)C)OC(=O)C1C=CC=CC1=C(C)C. The van der Waals surface area contributed by atoms with Crippen molar-refractivity contribution in [1.82, 2.24) is 0 Å². The highest BCUT2D eigenvalue weighted by Crippen LogP contribution is 2.26. The number of hydrogen-bond donors (Lipinski definition) is 0. The van der Waals surface area contributed by atoms with Crippen molar-refractivity contribution in [2.45, 2.75) is 47.3 Å². The van der Waals surface area contributed by atoms with Gasteiger partial charge in [0.05, 0.1) is 0 Å². The van der Waals surface area contributed by atoms with Crippen LogP contribution < -0.4 is 0 Å². The standard InChI is InChI=1S/C23H28O4/c1-6-21(26-22(24)19-13-9-7-11-17(19)15(2)3)27-23(25)20-14-10-8-12-18(20)16(4)5/h7-14,19-21H,6H2,1-5H3.